The summed E-state index contributed by atoms with van der Waals surface area (Å²) in [5, 5.41) is 5.67. The monoisotopic (exact) mass is 372 g/mol. The predicted octanol–water partition coefficient (Wildman–Crippen LogP) is 1.77. The van der Waals surface area contributed by atoms with Gasteiger partial charge in [0.15, 0.2) is 0 Å². The minimum atomic E-state index is -0.323. The first kappa shape index (κ1) is 20.6. The molecule has 27 heavy (non-hydrogen) atoms. The lowest BCUT2D eigenvalue weighted by atomic mass is 10.2. The average molecular weight is 372 g/mol. The summed E-state index contributed by atoms with van der Waals surface area (Å²) in [4.78, 5) is 41.5. The lowest BCUT2D eigenvalue weighted by Gasteiger charge is -2.15. The molecule has 7 nitrogen and oxygen atoms in total. The van der Waals surface area contributed by atoms with Crippen LogP contribution in [0, 0.1) is 0 Å². The van der Waals surface area contributed by atoms with Gasteiger partial charge in [-0.15, -0.1) is 0 Å². The van der Waals surface area contributed by atoms with Gasteiger partial charge in [-0.1, -0.05) is 26.0 Å². The zero-order chi connectivity index (χ0) is 19.8. The quantitative estimate of drug-likeness (QED) is 0.702. The van der Waals surface area contributed by atoms with Gasteiger partial charge in [0.1, 0.15) is 12.2 Å². The number of benzene rings is 1. The number of hydrogen-bond donors (Lipinski definition) is 2. The number of aromatic nitrogens is 2. The van der Waals surface area contributed by atoms with Crippen LogP contribution in [0.15, 0.2) is 29.1 Å². The van der Waals surface area contributed by atoms with Crippen LogP contribution in [0.1, 0.15) is 45.7 Å². The van der Waals surface area contributed by atoms with Crippen LogP contribution in [0.2, 0.25) is 0 Å². The maximum absolute atomic E-state index is 12.9. The molecule has 0 unspecified atom stereocenters. The van der Waals surface area contributed by atoms with E-state index < -0.39 is 0 Å². The van der Waals surface area contributed by atoms with Crippen molar-refractivity contribution in [2.75, 3.05) is 6.54 Å². The molecule has 0 radical (unpaired) electrons. The smallest absolute Gasteiger partial charge is 0.273 e. The van der Waals surface area contributed by atoms with E-state index in [0.717, 1.165) is 12.8 Å². The fraction of sp³-hybridized carbons (Fsp3) is 0.500. The van der Waals surface area contributed by atoms with Crippen molar-refractivity contribution in [3.05, 3.63) is 40.3 Å². The second-order valence-corrected chi connectivity index (χ2v) is 6.67. The summed E-state index contributed by atoms with van der Waals surface area (Å²) in [6.45, 7) is 6.44. The molecule has 0 saturated heterocycles. The van der Waals surface area contributed by atoms with Crippen LogP contribution in [0.25, 0.3) is 11.0 Å². The Morgan fingerprint density at radius 2 is 1.93 bits per heavy atom. The summed E-state index contributed by atoms with van der Waals surface area (Å²) in [7, 11) is 0. The fourth-order valence-corrected chi connectivity index (χ4v) is 2.72. The highest BCUT2D eigenvalue weighted by atomic mass is 16.2. The highest BCUT2D eigenvalue weighted by molar-refractivity contribution is 5.80. The van der Waals surface area contributed by atoms with Crippen molar-refractivity contribution in [3.63, 3.8) is 0 Å². The number of carbonyl (C=O) groups is 2. The van der Waals surface area contributed by atoms with Crippen molar-refractivity contribution < 1.29 is 9.59 Å². The summed E-state index contributed by atoms with van der Waals surface area (Å²) in [6.07, 6.45) is 2.11. The van der Waals surface area contributed by atoms with E-state index >= 15 is 0 Å². The maximum Gasteiger partial charge on any atom is 0.273 e. The minimum absolute atomic E-state index is 0.0445. The number of aryl methyl sites for hydroxylation is 1. The summed E-state index contributed by atoms with van der Waals surface area (Å²) in [6, 6.07) is 7.27. The van der Waals surface area contributed by atoms with Gasteiger partial charge in [0.25, 0.3) is 5.56 Å². The van der Waals surface area contributed by atoms with E-state index in [2.05, 4.69) is 15.6 Å². The largest absolute Gasteiger partial charge is 0.356 e. The van der Waals surface area contributed by atoms with Crippen molar-refractivity contribution in [1.82, 2.24) is 20.2 Å². The highest BCUT2D eigenvalue weighted by Crippen LogP contribution is 2.11. The first-order valence-corrected chi connectivity index (χ1v) is 9.50. The van der Waals surface area contributed by atoms with Crippen LogP contribution in [0.3, 0.4) is 0 Å². The van der Waals surface area contributed by atoms with Crippen LogP contribution >= 0.6 is 0 Å². The van der Waals surface area contributed by atoms with Crippen LogP contribution in [0.4, 0.5) is 0 Å². The van der Waals surface area contributed by atoms with Gasteiger partial charge in [-0.05, 0) is 31.9 Å². The van der Waals surface area contributed by atoms with Crippen LogP contribution in [-0.2, 0) is 22.6 Å². The van der Waals surface area contributed by atoms with Gasteiger partial charge in [0.05, 0.1) is 11.0 Å². The Morgan fingerprint density at radius 3 is 2.63 bits per heavy atom. The van der Waals surface area contributed by atoms with Crippen LogP contribution in [0.5, 0.6) is 0 Å². The van der Waals surface area contributed by atoms with Crippen molar-refractivity contribution >= 4 is 22.8 Å². The molecule has 0 bridgehead atoms. The minimum Gasteiger partial charge on any atom is -0.356 e. The Hall–Kier alpha value is -2.70. The first-order chi connectivity index (χ1) is 13.0. The van der Waals surface area contributed by atoms with Gasteiger partial charge in [0, 0.05) is 25.4 Å². The third-order valence-electron chi connectivity index (χ3n) is 4.40. The van der Waals surface area contributed by atoms with Crippen molar-refractivity contribution in [1.29, 1.82) is 0 Å². The number of nitrogens with one attached hydrogen (secondary N) is 2. The third kappa shape index (κ3) is 5.64. The fourth-order valence-electron chi connectivity index (χ4n) is 2.72. The topological polar surface area (TPSA) is 93.1 Å². The molecule has 0 fully saturated rings. The van der Waals surface area contributed by atoms with Crippen molar-refractivity contribution in [2.45, 2.75) is 59.0 Å². The van der Waals surface area contributed by atoms with Gasteiger partial charge >= 0.3 is 0 Å². The molecule has 0 saturated carbocycles. The second-order valence-electron chi connectivity index (χ2n) is 6.67. The summed E-state index contributed by atoms with van der Waals surface area (Å²) in [5.41, 5.74) is 1.23. The summed E-state index contributed by atoms with van der Waals surface area (Å²) in [5.74, 6) is -0.318. The number of nitrogens with zero attached hydrogens (tertiary/aromatic N) is 2. The Labute approximate surface area is 159 Å². The molecule has 2 aromatic rings. The molecule has 0 spiro atoms. The zero-order valence-electron chi connectivity index (χ0n) is 16.2. The molecule has 0 aliphatic carbocycles. The molecule has 1 aromatic heterocycles. The Morgan fingerprint density at radius 1 is 1.19 bits per heavy atom. The van der Waals surface area contributed by atoms with E-state index in [1.807, 2.05) is 32.9 Å². The Balaban J connectivity index is 2.29. The Bertz CT molecular complexity index is 860. The van der Waals surface area contributed by atoms with E-state index in [1.54, 1.807) is 12.1 Å². The normalized spacial score (nSPS) is 12.0. The maximum atomic E-state index is 12.9. The molecule has 2 amide bonds. The van der Waals surface area contributed by atoms with E-state index in [1.165, 1.54) is 4.57 Å². The highest BCUT2D eigenvalue weighted by Gasteiger charge is 2.15. The molecule has 2 N–H and O–H groups in total. The van der Waals surface area contributed by atoms with Crippen molar-refractivity contribution in [3.8, 4) is 0 Å². The van der Waals surface area contributed by atoms with Gasteiger partial charge in [-0.2, -0.15) is 0 Å². The van der Waals surface area contributed by atoms with Crippen LogP contribution < -0.4 is 16.2 Å². The van der Waals surface area contributed by atoms with Crippen molar-refractivity contribution in [2.24, 2.45) is 0 Å². The molecule has 1 aromatic carbocycles. The molecule has 2 rings (SSSR count). The molecule has 1 heterocycles. The molecule has 0 aliphatic heterocycles. The number of para-hydroxylation sites is 2. The molecule has 0 aliphatic rings. The summed E-state index contributed by atoms with van der Waals surface area (Å²) >= 11 is 0. The number of hydrogen-bond acceptors (Lipinski definition) is 4. The summed E-state index contributed by atoms with van der Waals surface area (Å²) < 4.78 is 1.44. The average Bonchev–Trinajstić information content (AvgIpc) is 2.66. The molecule has 146 valence electrons. The van der Waals surface area contributed by atoms with Gasteiger partial charge in [-0.25, -0.2) is 4.98 Å². The molecular weight excluding hydrogens is 344 g/mol. The number of carbonyl (C=O) groups excluding carboxylic acids is 2. The molecule has 7 heteroatoms. The SMILES string of the molecule is CCCNC(=O)CCc1nc2ccccc2n(CC(=O)N[C@H](C)CC)c1=O. The lowest BCUT2D eigenvalue weighted by molar-refractivity contribution is -0.122. The first-order valence-electron chi connectivity index (χ1n) is 9.50. The van der Waals surface area contributed by atoms with Gasteiger partial charge in [-0.3, -0.25) is 19.0 Å². The van der Waals surface area contributed by atoms with E-state index in [-0.39, 0.29) is 42.8 Å². The van der Waals surface area contributed by atoms with E-state index in [0.29, 0.717) is 23.3 Å². The second kappa shape index (κ2) is 9.85. The third-order valence-corrected chi connectivity index (χ3v) is 4.40. The Kier molecular flexibility index (Phi) is 7.52. The molecular formula is C20H28N4O3. The molecule has 1 atom stereocenters. The standard InChI is InChI=1S/C20H28N4O3/c1-4-12-21-18(25)11-10-16-20(27)24(13-19(26)22-14(3)5-2)17-9-7-6-8-15(17)23-16/h6-9,14H,4-5,10-13H2,1-3H3,(H,21,25)(H,22,26)/t14-/m1/s1. The van der Waals surface area contributed by atoms with Crippen LogP contribution in [-0.4, -0.2) is 34.0 Å². The predicted molar refractivity (Wildman–Crippen MR) is 106 cm³/mol. The zero-order valence-corrected chi connectivity index (χ0v) is 16.2. The van der Waals surface area contributed by atoms with E-state index in [4.69, 9.17) is 0 Å². The van der Waals surface area contributed by atoms with E-state index in [9.17, 15) is 14.4 Å². The van der Waals surface area contributed by atoms with Gasteiger partial charge < -0.3 is 10.6 Å². The lowest BCUT2D eigenvalue weighted by Crippen LogP contribution is -2.38. The number of amides is 2. The number of fused-ring (bicyclic) bond motifs is 1. The number of rotatable bonds is 9. The van der Waals surface area contributed by atoms with Gasteiger partial charge in [0.2, 0.25) is 11.8 Å².